The molecule has 0 aliphatic rings. The van der Waals surface area contributed by atoms with Crippen LogP contribution in [0.2, 0.25) is 0 Å². The molecule has 0 radical (unpaired) electrons. The van der Waals surface area contributed by atoms with Crippen LogP contribution in [0.1, 0.15) is 13.3 Å². The maximum absolute atomic E-state index is 5.15. The highest BCUT2D eigenvalue weighted by molar-refractivity contribution is 4.70. The van der Waals surface area contributed by atoms with Crippen molar-refractivity contribution < 1.29 is 4.74 Å². The molecule has 0 amide bonds. The van der Waals surface area contributed by atoms with Crippen LogP contribution in [-0.2, 0) is 4.74 Å². The monoisotopic (exact) mass is 115 g/mol. The van der Waals surface area contributed by atoms with E-state index in [1.807, 2.05) is 6.08 Å². The van der Waals surface area contributed by atoms with Crippen molar-refractivity contribution in [2.45, 2.75) is 13.3 Å². The van der Waals surface area contributed by atoms with Crippen LogP contribution in [-0.4, -0.2) is 13.2 Å². The van der Waals surface area contributed by atoms with Crippen molar-refractivity contribution in [2.75, 3.05) is 13.2 Å². The van der Waals surface area contributed by atoms with Crippen LogP contribution >= 0.6 is 0 Å². The first-order chi connectivity index (χ1) is 3.91. The quantitative estimate of drug-likeness (QED) is 0.436. The second-order valence-electron chi connectivity index (χ2n) is 1.44. The van der Waals surface area contributed by atoms with Gasteiger partial charge in [0.15, 0.2) is 0 Å². The highest BCUT2D eigenvalue weighted by Gasteiger charge is 1.72. The minimum absolute atomic E-state index is 0.591. The molecule has 0 saturated carbocycles. The lowest BCUT2D eigenvalue weighted by Crippen LogP contribution is -2.04. The molecule has 2 N–H and O–H groups in total. The molecule has 48 valence electrons. The summed E-state index contributed by atoms with van der Waals surface area (Å²) >= 11 is 0. The molecule has 0 aromatic heterocycles. The van der Waals surface area contributed by atoms with Gasteiger partial charge >= 0.3 is 0 Å². The largest absolute Gasteiger partial charge is 0.500 e. The maximum atomic E-state index is 5.15. The third-order valence-electron chi connectivity index (χ3n) is 0.664. The molecule has 0 rings (SSSR count). The predicted molar refractivity (Wildman–Crippen MR) is 34.4 cm³/mol. The molecule has 8 heavy (non-hydrogen) atoms. The first-order valence-electron chi connectivity index (χ1n) is 2.88. The van der Waals surface area contributed by atoms with Crippen molar-refractivity contribution in [1.82, 2.24) is 0 Å². The topological polar surface area (TPSA) is 35.2 Å². The van der Waals surface area contributed by atoms with E-state index in [9.17, 15) is 0 Å². The zero-order valence-corrected chi connectivity index (χ0v) is 5.26. The van der Waals surface area contributed by atoms with Gasteiger partial charge in [0.1, 0.15) is 0 Å². The Morgan fingerprint density at radius 1 is 1.62 bits per heavy atom. The van der Waals surface area contributed by atoms with Gasteiger partial charge in [-0.2, -0.15) is 0 Å². The second kappa shape index (κ2) is 6.50. The van der Waals surface area contributed by atoms with E-state index in [4.69, 9.17) is 10.5 Å². The zero-order chi connectivity index (χ0) is 6.24. The van der Waals surface area contributed by atoms with E-state index >= 15 is 0 Å². The van der Waals surface area contributed by atoms with E-state index in [0.717, 1.165) is 6.42 Å². The third-order valence-corrected chi connectivity index (χ3v) is 0.664. The van der Waals surface area contributed by atoms with Crippen molar-refractivity contribution in [3.8, 4) is 0 Å². The van der Waals surface area contributed by atoms with Crippen molar-refractivity contribution >= 4 is 0 Å². The molecular formula is C6H13NO. The Labute approximate surface area is 50.3 Å². The molecule has 0 heterocycles. The Kier molecular flexibility index (Phi) is 6.09. The average molecular weight is 115 g/mol. The van der Waals surface area contributed by atoms with E-state index in [2.05, 4.69) is 6.92 Å². The number of nitrogens with two attached hydrogens (primary N) is 1. The molecule has 0 atom stereocenters. The maximum Gasteiger partial charge on any atom is 0.0995 e. The highest BCUT2D eigenvalue weighted by Crippen LogP contribution is 1.79. The van der Waals surface area contributed by atoms with Gasteiger partial charge in [0.2, 0.25) is 0 Å². The SMILES string of the molecule is CCC=COCCN. The van der Waals surface area contributed by atoms with Gasteiger partial charge in [-0.15, -0.1) is 0 Å². The van der Waals surface area contributed by atoms with Gasteiger partial charge in [-0.05, 0) is 6.42 Å². The van der Waals surface area contributed by atoms with Crippen molar-refractivity contribution in [3.05, 3.63) is 12.3 Å². The van der Waals surface area contributed by atoms with E-state index in [-0.39, 0.29) is 0 Å². The number of rotatable bonds is 4. The van der Waals surface area contributed by atoms with E-state index in [1.54, 1.807) is 6.26 Å². The first-order valence-corrected chi connectivity index (χ1v) is 2.88. The number of hydrogen-bond donors (Lipinski definition) is 1. The summed E-state index contributed by atoms with van der Waals surface area (Å²) in [5, 5.41) is 0. The molecule has 0 unspecified atom stereocenters. The summed E-state index contributed by atoms with van der Waals surface area (Å²) in [6, 6.07) is 0. The highest BCUT2D eigenvalue weighted by atomic mass is 16.5. The summed E-state index contributed by atoms with van der Waals surface area (Å²) in [7, 11) is 0. The Hall–Kier alpha value is -0.500. The number of allylic oxidation sites excluding steroid dienone is 1. The summed E-state index contributed by atoms with van der Waals surface area (Å²) in [4.78, 5) is 0. The molecule has 0 aromatic rings. The Morgan fingerprint density at radius 3 is 2.88 bits per heavy atom. The fourth-order valence-electron chi connectivity index (χ4n) is 0.300. The smallest absolute Gasteiger partial charge is 0.0995 e. The van der Waals surface area contributed by atoms with Crippen LogP contribution in [0.5, 0.6) is 0 Å². The zero-order valence-electron chi connectivity index (χ0n) is 5.26. The van der Waals surface area contributed by atoms with E-state index in [1.165, 1.54) is 0 Å². The summed E-state index contributed by atoms with van der Waals surface area (Å²) in [6.07, 6.45) is 4.66. The van der Waals surface area contributed by atoms with Gasteiger partial charge in [-0.3, -0.25) is 0 Å². The molecule has 2 heteroatoms. The molecule has 2 nitrogen and oxygen atoms in total. The Balaban J connectivity index is 2.80. The van der Waals surface area contributed by atoms with Gasteiger partial charge in [0.25, 0.3) is 0 Å². The molecule has 0 aliphatic heterocycles. The van der Waals surface area contributed by atoms with Gasteiger partial charge in [-0.25, -0.2) is 0 Å². The van der Waals surface area contributed by atoms with E-state index in [0.29, 0.717) is 13.2 Å². The van der Waals surface area contributed by atoms with Crippen LogP contribution in [0.4, 0.5) is 0 Å². The summed E-state index contributed by atoms with van der Waals surface area (Å²) < 4.78 is 4.92. The molecule has 0 spiro atoms. The lowest BCUT2D eigenvalue weighted by atomic mass is 10.5. The van der Waals surface area contributed by atoms with Crippen LogP contribution in [0, 0.1) is 0 Å². The van der Waals surface area contributed by atoms with Gasteiger partial charge in [-0.1, -0.05) is 13.0 Å². The van der Waals surface area contributed by atoms with Crippen molar-refractivity contribution in [3.63, 3.8) is 0 Å². The predicted octanol–water partition coefficient (Wildman–Crippen LogP) is 0.885. The van der Waals surface area contributed by atoms with Crippen molar-refractivity contribution in [1.29, 1.82) is 0 Å². The van der Waals surface area contributed by atoms with Gasteiger partial charge in [0.05, 0.1) is 12.9 Å². The Morgan fingerprint density at radius 2 is 2.38 bits per heavy atom. The first kappa shape index (κ1) is 7.50. The van der Waals surface area contributed by atoms with Crippen molar-refractivity contribution in [2.24, 2.45) is 5.73 Å². The average Bonchev–Trinajstić information content (AvgIpc) is 1.81. The second-order valence-corrected chi connectivity index (χ2v) is 1.44. The van der Waals surface area contributed by atoms with Gasteiger partial charge in [0, 0.05) is 6.54 Å². The number of hydrogen-bond acceptors (Lipinski definition) is 2. The summed E-state index contributed by atoms with van der Waals surface area (Å²) in [6.45, 7) is 3.27. The standard InChI is InChI=1S/C6H13NO/c1-2-3-5-8-6-4-7/h3,5H,2,4,6-7H2,1H3. The van der Waals surface area contributed by atoms with E-state index < -0.39 is 0 Å². The Bertz CT molecular complexity index is 61.5. The molecular weight excluding hydrogens is 102 g/mol. The normalized spacial score (nSPS) is 10.2. The molecule has 0 aromatic carbocycles. The van der Waals surface area contributed by atoms with Crippen LogP contribution in [0.15, 0.2) is 12.3 Å². The van der Waals surface area contributed by atoms with Crippen LogP contribution in [0.3, 0.4) is 0 Å². The molecule has 0 fully saturated rings. The van der Waals surface area contributed by atoms with Crippen LogP contribution in [0.25, 0.3) is 0 Å². The van der Waals surface area contributed by atoms with Gasteiger partial charge < -0.3 is 10.5 Å². The van der Waals surface area contributed by atoms with Crippen LogP contribution < -0.4 is 5.73 Å². The molecule has 0 bridgehead atoms. The number of ether oxygens (including phenoxy) is 1. The lowest BCUT2D eigenvalue weighted by Gasteiger charge is -1.92. The minimum atomic E-state index is 0.591. The summed E-state index contributed by atoms with van der Waals surface area (Å²) in [5.41, 5.74) is 5.15. The molecule has 0 aliphatic carbocycles. The molecule has 0 saturated heterocycles. The third kappa shape index (κ3) is 5.50. The fourth-order valence-corrected chi connectivity index (χ4v) is 0.300. The lowest BCUT2D eigenvalue weighted by molar-refractivity contribution is 0.258. The fraction of sp³-hybridized carbons (Fsp3) is 0.667. The summed E-state index contributed by atoms with van der Waals surface area (Å²) in [5.74, 6) is 0. The minimum Gasteiger partial charge on any atom is -0.500 e.